The topological polar surface area (TPSA) is 21.3 Å². The van der Waals surface area contributed by atoms with Crippen molar-refractivity contribution in [1.29, 1.82) is 0 Å². The third kappa shape index (κ3) is 3.18. The van der Waals surface area contributed by atoms with Gasteiger partial charge in [-0.15, -0.1) is 0 Å². The van der Waals surface area contributed by atoms with Crippen LogP contribution in [0.2, 0.25) is 0 Å². The van der Waals surface area contributed by atoms with E-state index in [1.54, 1.807) is 0 Å². The molecule has 1 aliphatic rings. The summed E-state index contributed by atoms with van der Waals surface area (Å²) >= 11 is 0. The Morgan fingerprint density at radius 1 is 1.30 bits per heavy atom. The zero-order chi connectivity index (χ0) is 14.6. The molecule has 2 nitrogen and oxygen atoms in total. The number of ether oxygens (including phenoxy) is 1. The summed E-state index contributed by atoms with van der Waals surface area (Å²) in [6.45, 7) is 2.62. The third-order valence-corrected chi connectivity index (χ3v) is 4.30. The van der Waals surface area contributed by atoms with E-state index in [4.69, 9.17) is 4.74 Å². The fraction of sp³-hybridized carbons (Fsp3) is 0.625. The highest BCUT2D eigenvalue weighted by Crippen LogP contribution is 2.37. The minimum absolute atomic E-state index is 0.00116. The molecule has 1 fully saturated rings. The van der Waals surface area contributed by atoms with E-state index in [-0.39, 0.29) is 17.5 Å². The van der Waals surface area contributed by atoms with E-state index in [2.05, 4.69) is 5.32 Å². The van der Waals surface area contributed by atoms with E-state index < -0.39 is 5.82 Å². The van der Waals surface area contributed by atoms with E-state index >= 15 is 0 Å². The summed E-state index contributed by atoms with van der Waals surface area (Å²) < 4.78 is 33.1. The van der Waals surface area contributed by atoms with Gasteiger partial charge in [-0.25, -0.2) is 8.78 Å². The summed E-state index contributed by atoms with van der Waals surface area (Å²) in [6.07, 6.45) is 4.65. The van der Waals surface area contributed by atoms with Gasteiger partial charge in [0.1, 0.15) is 11.6 Å². The maximum absolute atomic E-state index is 13.8. The molecule has 1 N–H and O–H groups in total. The quantitative estimate of drug-likeness (QED) is 0.863. The second-order valence-corrected chi connectivity index (χ2v) is 5.49. The number of halogens is 2. The lowest BCUT2D eigenvalue weighted by atomic mass is 9.87. The minimum Gasteiger partial charge on any atom is -0.374 e. The highest BCUT2D eigenvalue weighted by Gasteiger charge is 2.41. The summed E-state index contributed by atoms with van der Waals surface area (Å²) in [5, 5.41) is 3.25. The minimum atomic E-state index is -0.395. The van der Waals surface area contributed by atoms with Gasteiger partial charge >= 0.3 is 0 Å². The van der Waals surface area contributed by atoms with Gasteiger partial charge in [0.2, 0.25) is 0 Å². The Morgan fingerprint density at radius 3 is 2.60 bits per heavy atom. The van der Waals surface area contributed by atoms with Crippen LogP contribution in [0.5, 0.6) is 0 Å². The number of benzene rings is 1. The zero-order valence-corrected chi connectivity index (χ0v) is 12.2. The SMILES string of the molecule is CCOC1(C(Cc2cc(F)ccc2F)NC)CCCC1. The van der Waals surface area contributed by atoms with Gasteiger partial charge in [0, 0.05) is 12.6 Å². The Kier molecular flexibility index (Phi) is 5.11. The maximum Gasteiger partial charge on any atom is 0.126 e. The number of nitrogens with one attached hydrogen (secondary N) is 1. The van der Waals surface area contributed by atoms with Crippen molar-refractivity contribution in [2.24, 2.45) is 0 Å². The second kappa shape index (κ2) is 6.64. The number of likely N-dealkylation sites (N-methyl/N-ethyl adjacent to an activating group) is 1. The van der Waals surface area contributed by atoms with Crippen molar-refractivity contribution in [2.75, 3.05) is 13.7 Å². The van der Waals surface area contributed by atoms with Crippen molar-refractivity contribution < 1.29 is 13.5 Å². The van der Waals surface area contributed by atoms with Gasteiger partial charge in [-0.3, -0.25) is 0 Å². The Morgan fingerprint density at radius 2 is 2.00 bits per heavy atom. The molecule has 4 heteroatoms. The molecule has 0 heterocycles. The summed E-state index contributed by atoms with van der Waals surface area (Å²) in [5.74, 6) is -0.746. The maximum atomic E-state index is 13.8. The first kappa shape index (κ1) is 15.4. The summed E-state index contributed by atoms with van der Waals surface area (Å²) in [5.41, 5.74) is 0.165. The molecule has 1 aromatic carbocycles. The fourth-order valence-corrected chi connectivity index (χ4v) is 3.33. The van der Waals surface area contributed by atoms with E-state index in [1.165, 1.54) is 12.1 Å². The van der Waals surface area contributed by atoms with Gasteiger partial charge in [0.25, 0.3) is 0 Å². The molecule has 1 aromatic rings. The van der Waals surface area contributed by atoms with E-state index in [0.29, 0.717) is 18.6 Å². The smallest absolute Gasteiger partial charge is 0.126 e. The highest BCUT2D eigenvalue weighted by molar-refractivity contribution is 5.21. The molecule has 0 amide bonds. The average Bonchev–Trinajstić information content (AvgIpc) is 2.89. The monoisotopic (exact) mass is 283 g/mol. The fourth-order valence-electron chi connectivity index (χ4n) is 3.33. The Bertz CT molecular complexity index is 444. The summed E-state index contributed by atoms with van der Waals surface area (Å²) in [7, 11) is 1.86. The predicted octanol–water partition coefficient (Wildman–Crippen LogP) is 3.44. The third-order valence-electron chi connectivity index (χ3n) is 4.30. The van der Waals surface area contributed by atoms with Crippen LogP contribution in [0.4, 0.5) is 8.78 Å². The van der Waals surface area contributed by atoms with Crippen LogP contribution in [0, 0.1) is 11.6 Å². The van der Waals surface area contributed by atoms with Gasteiger partial charge in [-0.2, -0.15) is 0 Å². The summed E-state index contributed by atoms with van der Waals surface area (Å²) in [4.78, 5) is 0. The molecule has 0 aliphatic heterocycles. The van der Waals surface area contributed by atoms with Crippen LogP contribution >= 0.6 is 0 Å². The number of hydrogen-bond donors (Lipinski definition) is 1. The first-order chi connectivity index (χ1) is 9.61. The highest BCUT2D eigenvalue weighted by atomic mass is 19.1. The van der Waals surface area contributed by atoms with Crippen molar-refractivity contribution in [3.63, 3.8) is 0 Å². The molecule has 2 rings (SSSR count). The molecule has 0 saturated heterocycles. The molecule has 0 radical (unpaired) electrons. The molecule has 20 heavy (non-hydrogen) atoms. The van der Waals surface area contributed by atoms with E-state index in [1.807, 2.05) is 14.0 Å². The molecule has 112 valence electrons. The predicted molar refractivity (Wildman–Crippen MR) is 75.7 cm³/mol. The number of hydrogen-bond acceptors (Lipinski definition) is 2. The van der Waals surface area contributed by atoms with Crippen LogP contribution in [0.25, 0.3) is 0 Å². The molecular weight excluding hydrogens is 260 g/mol. The Hall–Kier alpha value is -1.00. The molecule has 0 bridgehead atoms. The molecule has 1 unspecified atom stereocenters. The van der Waals surface area contributed by atoms with Gasteiger partial charge in [-0.05, 0) is 57.0 Å². The van der Waals surface area contributed by atoms with Crippen LogP contribution < -0.4 is 5.32 Å². The van der Waals surface area contributed by atoms with Crippen LogP contribution in [0.1, 0.15) is 38.2 Å². The first-order valence-electron chi connectivity index (χ1n) is 7.36. The van der Waals surface area contributed by atoms with Crippen LogP contribution in [0.3, 0.4) is 0 Å². The van der Waals surface area contributed by atoms with Crippen molar-refractivity contribution in [3.05, 3.63) is 35.4 Å². The van der Waals surface area contributed by atoms with Crippen molar-refractivity contribution in [2.45, 2.75) is 50.7 Å². The standard InChI is InChI=1S/C16H23F2NO/c1-3-20-16(8-4-5-9-16)15(19-2)11-12-10-13(17)6-7-14(12)18/h6-7,10,15,19H,3-5,8-9,11H2,1-2H3. The molecule has 0 aromatic heterocycles. The molecule has 1 atom stereocenters. The average molecular weight is 283 g/mol. The zero-order valence-electron chi connectivity index (χ0n) is 12.2. The normalized spacial score (nSPS) is 19.2. The largest absolute Gasteiger partial charge is 0.374 e. The van der Waals surface area contributed by atoms with Crippen molar-refractivity contribution >= 4 is 0 Å². The van der Waals surface area contributed by atoms with Crippen LogP contribution in [0.15, 0.2) is 18.2 Å². The van der Waals surface area contributed by atoms with Gasteiger partial charge in [0.15, 0.2) is 0 Å². The number of rotatable bonds is 6. The Balaban J connectivity index is 2.21. The van der Waals surface area contributed by atoms with Gasteiger partial charge in [-0.1, -0.05) is 12.8 Å². The second-order valence-electron chi connectivity index (χ2n) is 5.49. The van der Waals surface area contributed by atoms with Crippen molar-refractivity contribution in [3.8, 4) is 0 Å². The molecular formula is C16H23F2NO. The molecule has 1 saturated carbocycles. The lowest BCUT2D eigenvalue weighted by Crippen LogP contribution is -2.51. The van der Waals surface area contributed by atoms with Crippen LogP contribution in [-0.2, 0) is 11.2 Å². The lowest BCUT2D eigenvalue weighted by molar-refractivity contribution is -0.0598. The Labute approximate surface area is 119 Å². The first-order valence-corrected chi connectivity index (χ1v) is 7.36. The van der Waals surface area contributed by atoms with Crippen LogP contribution in [-0.4, -0.2) is 25.3 Å². The van der Waals surface area contributed by atoms with E-state index in [0.717, 1.165) is 31.7 Å². The molecule has 0 spiro atoms. The van der Waals surface area contributed by atoms with Gasteiger partial charge < -0.3 is 10.1 Å². The van der Waals surface area contributed by atoms with Gasteiger partial charge in [0.05, 0.1) is 5.60 Å². The lowest BCUT2D eigenvalue weighted by Gasteiger charge is -2.37. The molecule has 1 aliphatic carbocycles. The summed E-state index contributed by atoms with van der Waals surface area (Å²) in [6, 6.07) is 3.63. The van der Waals surface area contributed by atoms with E-state index in [9.17, 15) is 8.78 Å². The van der Waals surface area contributed by atoms with Crippen molar-refractivity contribution in [1.82, 2.24) is 5.32 Å².